The fourth-order valence-corrected chi connectivity index (χ4v) is 3.32. The molecule has 0 atom stereocenters. The van der Waals surface area contributed by atoms with Crippen LogP contribution in [0.5, 0.6) is 11.5 Å². The molecule has 0 saturated carbocycles. The number of halogens is 1. The highest BCUT2D eigenvalue weighted by Crippen LogP contribution is 2.25. The molecular formula is C21H25ClN2O3. The van der Waals surface area contributed by atoms with Crippen molar-refractivity contribution >= 4 is 17.5 Å². The van der Waals surface area contributed by atoms with Crippen LogP contribution in [0.4, 0.5) is 0 Å². The van der Waals surface area contributed by atoms with Crippen molar-refractivity contribution in [2.24, 2.45) is 0 Å². The minimum atomic E-state index is 0.00856. The highest BCUT2D eigenvalue weighted by molar-refractivity contribution is 6.30. The van der Waals surface area contributed by atoms with Gasteiger partial charge in [-0.25, -0.2) is 0 Å². The van der Waals surface area contributed by atoms with Crippen LogP contribution < -0.4 is 9.47 Å². The van der Waals surface area contributed by atoms with Crippen LogP contribution in [0.1, 0.15) is 12.0 Å². The first kappa shape index (κ1) is 19.5. The molecule has 0 bridgehead atoms. The molecule has 1 heterocycles. The Morgan fingerprint density at radius 2 is 1.74 bits per heavy atom. The number of carbonyl (C=O) groups is 1. The van der Waals surface area contributed by atoms with Crippen molar-refractivity contribution in [2.45, 2.75) is 13.0 Å². The molecule has 6 heteroatoms. The van der Waals surface area contributed by atoms with E-state index in [9.17, 15) is 4.79 Å². The van der Waals surface area contributed by atoms with E-state index >= 15 is 0 Å². The van der Waals surface area contributed by atoms with Crippen molar-refractivity contribution in [3.63, 3.8) is 0 Å². The lowest BCUT2D eigenvalue weighted by Crippen LogP contribution is -2.38. The number of amides is 1. The molecule has 0 unspecified atom stereocenters. The van der Waals surface area contributed by atoms with Gasteiger partial charge in [0, 0.05) is 37.7 Å². The number of benzene rings is 2. The van der Waals surface area contributed by atoms with Crippen molar-refractivity contribution in [3.05, 3.63) is 59.1 Å². The van der Waals surface area contributed by atoms with Crippen LogP contribution in [0, 0.1) is 0 Å². The zero-order valence-corrected chi connectivity index (χ0v) is 16.3. The van der Waals surface area contributed by atoms with Crippen LogP contribution in [0.25, 0.3) is 0 Å². The topological polar surface area (TPSA) is 42.0 Å². The van der Waals surface area contributed by atoms with Crippen LogP contribution in [0.2, 0.25) is 5.02 Å². The maximum Gasteiger partial charge on any atom is 0.260 e. The van der Waals surface area contributed by atoms with Gasteiger partial charge < -0.3 is 14.4 Å². The summed E-state index contributed by atoms with van der Waals surface area (Å²) < 4.78 is 10.9. The molecule has 1 saturated heterocycles. The highest BCUT2D eigenvalue weighted by atomic mass is 35.5. The third-order valence-electron chi connectivity index (χ3n) is 4.68. The first-order valence-electron chi connectivity index (χ1n) is 9.16. The number of rotatable bonds is 6. The first-order valence-corrected chi connectivity index (χ1v) is 9.54. The van der Waals surface area contributed by atoms with E-state index in [1.807, 2.05) is 41.3 Å². The van der Waals surface area contributed by atoms with Crippen molar-refractivity contribution in [1.82, 2.24) is 9.80 Å². The average Bonchev–Trinajstić information content (AvgIpc) is 2.94. The minimum Gasteiger partial charge on any atom is -0.493 e. The van der Waals surface area contributed by atoms with Crippen LogP contribution in [0.3, 0.4) is 0 Å². The summed E-state index contributed by atoms with van der Waals surface area (Å²) in [6.45, 7) is 4.18. The number of hydrogen-bond acceptors (Lipinski definition) is 4. The predicted octanol–water partition coefficient (Wildman–Crippen LogP) is 3.46. The number of para-hydroxylation sites is 2. The molecule has 3 rings (SSSR count). The van der Waals surface area contributed by atoms with Gasteiger partial charge in [0.1, 0.15) is 0 Å². The Bertz CT molecular complexity index is 751. The van der Waals surface area contributed by atoms with Gasteiger partial charge in [0.2, 0.25) is 0 Å². The van der Waals surface area contributed by atoms with Gasteiger partial charge in [0.05, 0.1) is 7.11 Å². The highest BCUT2D eigenvalue weighted by Gasteiger charge is 2.20. The van der Waals surface area contributed by atoms with Crippen molar-refractivity contribution in [1.29, 1.82) is 0 Å². The van der Waals surface area contributed by atoms with Gasteiger partial charge in [0.15, 0.2) is 18.1 Å². The molecule has 2 aromatic carbocycles. The Morgan fingerprint density at radius 3 is 2.48 bits per heavy atom. The maximum atomic E-state index is 12.6. The number of nitrogens with zero attached hydrogens (tertiary/aromatic N) is 2. The van der Waals surface area contributed by atoms with E-state index in [2.05, 4.69) is 17.0 Å². The molecule has 1 fully saturated rings. The predicted molar refractivity (Wildman–Crippen MR) is 106 cm³/mol. The van der Waals surface area contributed by atoms with E-state index in [1.165, 1.54) is 5.56 Å². The molecule has 1 aliphatic rings. The summed E-state index contributed by atoms with van der Waals surface area (Å²) >= 11 is 5.95. The summed E-state index contributed by atoms with van der Waals surface area (Å²) in [6, 6.07) is 15.3. The van der Waals surface area contributed by atoms with Crippen molar-refractivity contribution in [2.75, 3.05) is 39.9 Å². The number of carbonyl (C=O) groups excluding carboxylic acids is 1. The lowest BCUT2D eigenvalue weighted by atomic mass is 10.2. The second-order valence-corrected chi connectivity index (χ2v) is 7.01. The lowest BCUT2D eigenvalue weighted by Gasteiger charge is -2.22. The fraction of sp³-hybridized carbons (Fsp3) is 0.381. The van der Waals surface area contributed by atoms with E-state index in [0.717, 1.165) is 37.6 Å². The monoisotopic (exact) mass is 388 g/mol. The molecule has 0 radical (unpaired) electrons. The largest absolute Gasteiger partial charge is 0.493 e. The van der Waals surface area contributed by atoms with E-state index in [1.54, 1.807) is 7.11 Å². The molecule has 27 heavy (non-hydrogen) atoms. The average molecular weight is 389 g/mol. The second-order valence-electron chi connectivity index (χ2n) is 6.58. The normalized spacial score (nSPS) is 15.3. The van der Waals surface area contributed by atoms with Gasteiger partial charge >= 0.3 is 0 Å². The third kappa shape index (κ3) is 5.62. The van der Waals surface area contributed by atoms with Gasteiger partial charge in [-0.3, -0.25) is 9.69 Å². The summed E-state index contributed by atoms with van der Waals surface area (Å²) in [5, 5.41) is 0.751. The Hall–Kier alpha value is -2.24. The summed E-state index contributed by atoms with van der Waals surface area (Å²) in [4.78, 5) is 16.8. The van der Waals surface area contributed by atoms with Gasteiger partial charge in [-0.2, -0.15) is 0 Å². The van der Waals surface area contributed by atoms with E-state index in [-0.39, 0.29) is 12.5 Å². The lowest BCUT2D eigenvalue weighted by molar-refractivity contribution is -0.133. The molecule has 144 valence electrons. The van der Waals surface area contributed by atoms with Crippen LogP contribution in [-0.2, 0) is 11.3 Å². The molecule has 0 aliphatic carbocycles. The Morgan fingerprint density at radius 1 is 1.00 bits per heavy atom. The summed E-state index contributed by atoms with van der Waals surface area (Å²) in [5.41, 5.74) is 1.23. The number of methoxy groups -OCH3 is 1. The van der Waals surface area contributed by atoms with Crippen molar-refractivity contribution < 1.29 is 14.3 Å². The van der Waals surface area contributed by atoms with Crippen LogP contribution >= 0.6 is 11.6 Å². The quantitative estimate of drug-likeness (QED) is 0.760. The Balaban J connectivity index is 1.49. The standard InChI is InChI=1S/C21H25ClN2O3/c1-26-19-5-2-3-6-20(19)27-16-21(25)24-12-4-11-23(13-14-24)15-17-7-9-18(22)10-8-17/h2-3,5-10H,4,11-16H2,1H3. The molecule has 5 nitrogen and oxygen atoms in total. The first-order chi connectivity index (χ1) is 13.2. The van der Waals surface area contributed by atoms with Crippen LogP contribution in [-0.4, -0.2) is 55.6 Å². The van der Waals surface area contributed by atoms with Gasteiger partial charge in [-0.05, 0) is 36.2 Å². The second kappa shape index (κ2) is 9.62. The Labute approximate surface area is 165 Å². The smallest absolute Gasteiger partial charge is 0.260 e. The summed E-state index contributed by atoms with van der Waals surface area (Å²) in [5.74, 6) is 1.23. The fourth-order valence-electron chi connectivity index (χ4n) is 3.20. The summed E-state index contributed by atoms with van der Waals surface area (Å²) in [6.07, 6.45) is 0.952. The summed E-state index contributed by atoms with van der Waals surface area (Å²) in [7, 11) is 1.59. The SMILES string of the molecule is COc1ccccc1OCC(=O)N1CCCN(Cc2ccc(Cl)cc2)CC1. The molecule has 2 aromatic rings. The van der Waals surface area contributed by atoms with E-state index in [4.69, 9.17) is 21.1 Å². The maximum absolute atomic E-state index is 12.6. The zero-order valence-electron chi connectivity index (χ0n) is 15.6. The van der Waals surface area contributed by atoms with Gasteiger partial charge in [0.25, 0.3) is 5.91 Å². The Kier molecular flexibility index (Phi) is 6.96. The number of ether oxygens (including phenoxy) is 2. The molecule has 1 amide bonds. The third-order valence-corrected chi connectivity index (χ3v) is 4.93. The van der Waals surface area contributed by atoms with E-state index in [0.29, 0.717) is 18.0 Å². The molecule has 0 aromatic heterocycles. The van der Waals surface area contributed by atoms with Gasteiger partial charge in [-0.15, -0.1) is 0 Å². The van der Waals surface area contributed by atoms with E-state index < -0.39 is 0 Å². The number of hydrogen-bond donors (Lipinski definition) is 0. The van der Waals surface area contributed by atoms with Crippen LogP contribution in [0.15, 0.2) is 48.5 Å². The minimum absolute atomic E-state index is 0.00856. The zero-order chi connectivity index (χ0) is 19.1. The molecular weight excluding hydrogens is 364 g/mol. The molecule has 0 N–H and O–H groups in total. The molecule has 1 aliphatic heterocycles. The molecule has 0 spiro atoms. The van der Waals surface area contributed by atoms with Crippen molar-refractivity contribution in [3.8, 4) is 11.5 Å². The van der Waals surface area contributed by atoms with Gasteiger partial charge in [-0.1, -0.05) is 35.9 Å².